The smallest absolute Gasteiger partial charge is 0.261 e. The van der Waals surface area contributed by atoms with Crippen LogP contribution in [-0.2, 0) is 16.1 Å². The maximum absolute atomic E-state index is 12.7. The van der Waals surface area contributed by atoms with Gasteiger partial charge in [-0.05, 0) is 23.3 Å². The summed E-state index contributed by atoms with van der Waals surface area (Å²) in [5.74, 6) is -0.702. The Morgan fingerprint density at radius 2 is 1.67 bits per heavy atom. The first-order chi connectivity index (χ1) is 13.1. The van der Waals surface area contributed by atoms with Crippen LogP contribution in [0.3, 0.4) is 0 Å². The van der Waals surface area contributed by atoms with Gasteiger partial charge in [0.25, 0.3) is 5.91 Å². The second-order valence-electron chi connectivity index (χ2n) is 6.60. The molecule has 2 atom stereocenters. The highest BCUT2D eigenvalue weighted by Crippen LogP contribution is 2.26. The summed E-state index contributed by atoms with van der Waals surface area (Å²) in [6, 6.07) is 18.0. The second kappa shape index (κ2) is 8.75. The van der Waals surface area contributed by atoms with Crippen LogP contribution < -0.4 is 0 Å². The number of benzene rings is 2. The molecule has 0 aliphatic heterocycles. The molecule has 3 rings (SSSR count). The summed E-state index contributed by atoms with van der Waals surface area (Å²) in [6.07, 6.45) is 1.34. The van der Waals surface area contributed by atoms with E-state index in [-0.39, 0.29) is 18.4 Å². The van der Waals surface area contributed by atoms with Crippen LogP contribution in [0.4, 0.5) is 0 Å². The SMILES string of the molecule is CC(=O)N(C(=O)c1ccccc1)[C@@H]1C=C(COCc2ccccc2)[C@@H](O)C1. The maximum atomic E-state index is 12.7. The highest BCUT2D eigenvalue weighted by atomic mass is 16.5. The Bertz CT molecular complexity index is 817. The van der Waals surface area contributed by atoms with Crippen molar-refractivity contribution in [3.8, 4) is 0 Å². The normalized spacial score (nSPS) is 18.8. The topological polar surface area (TPSA) is 66.8 Å². The van der Waals surface area contributed by atoms with E-state index in [1.165, 1.54) is 11.8 Å². The van der Waals surface area contributed by atoms with E-state index >= 15 is 0 Å². The molecular weight excluding hydrogens is 342 g/mol. The fourth-order valence-electron chi connectivity index (χ4n) is 3.24. The van der Waals surface area contributed by atoms with E-state index in [0.717, 1.165) is 5.56 Å². The van der Waals surface area contributed by atoms with Crippen molar-refractivity contribution in [2.24, 2.45) is 0 Å². The van der Waals surface area contributed by atoms with Gasteiger partial charge in [0.2, 0.25) is 5.91 Å². The number of imide groups is 1. The lowest BCUT2D eigenvalue weighted by Gasteiger charge is -2.25. The van der Waals surface area contributed by atoms with Crippen LogP contribution >= 0.6 is 0 Å². The minimum Gasteiger partial charge on any atom is -0.389 e. The van der Waals surface area contributed by atoms with Gasteiger partial charge in [0, 0.05) is 18.9 Å². The molecule has 5 nitrogen and oxygen atoms in total. The molecule has 140 valence electrons. The van der Waals surface area contributed by atoms with E-state index in [9.17, 15) is 14.7 Å². The molecule has 5 heteroatoms. The van der Waals surface area contributed by atoms with Crippen LogP contribution in [0.5, 0.6) is 0 Å². The van der Waals surface area contributed by atoms with Gasteiger partial charge in [-0.15, -0.1) is 0 Å². The molecule has 0 saturated heterocycles. The molecule has 0 unspecified atom stereocenters. The number of rotatable bonds is 6. The summed E-state index contributed by atoms with van der Waals surface area (Å²) in [5.41, 5.74) is 2.19. The molecule has 2 aromatic rings. The number of nitrogens with zero attached hydrogens (tertiary/aromatic N) is 1. The van der Waals surface area contributed by atoms with E-state index in [1.807, 2.05) is 36.4 Å². The third-order valence-corrected chi connectivity index (χ3v) is 4.59. The second-order valence-corrected chi connectivity index (χ2v) is 6.60. The first-order valence-corrected chi connectivity index (χ1v) is 8.95. The van der Waals surface area contributed by atoms with Crippen LogP contribution in [0.15, 0.2) is 72.3 Å². The highest BCUT2D eigenvalue weighted by molar-refractivity contribution is 6.04. The number of ether oxygens (including phenoxy) is 1. The highest BCUT2D eigenvalue weighted by Gasteiger charge is 2.34. The summed E-state index contributed by atoms with van der Waals surface area (Å²) >= 11 is 0. The predicted molar refractivity (Wildman–Crippen MR) is 102 cm³/mol. The fourth-order valence-corrected chi connectivity index (χ4v) is 3.24. The van der Waals surface area contributed by atoms with Crippen molar-refractivity contribution in [1.29, 1.82) is 0 Å². The van der Waals surface area contributed by atoms with Crippen LogP contribution in [0.1, 0.15) is 29.3 Å². The van der Waals surface area contributed by atoms with Gasteiger partial charge in [-0.2, -0.15) is 0 Å². The predicted octanol–water partition coefficient (Wildman–Crippen LogP) is 2.95. The Morgan fingerprint density at radius 3 is 2.30 bits per heavy atom. The van der Waals surface area contributed by atoms with E-state index in [1.54, 1.807) is 30.3 Å². The van der Waals surface area contributed by atoms with Crippen molar-refractivity contribution in [2.45, 2.75) is 32.1 Å². The lowest BCUT2D eigenvalue weighted by Crippen LogP contribution is -2.42. The molecule has 1 N–H and O–H groups in total. The molecule has 1 aliphatic rings. The third kappa shape index (κ3) is 4.70. The van der Waals surface area contributed by atoms with Crippen LogP contribution in [-0.4, -0.2) is 40.6 Å². The monoisotopic (exact) mass is 365 g/mol. The molecule has 0 saturated carbocycles. The lowest BCUT2D eigenvalue weighted by molar-refractivity contribution is -0.127. The van der Waals surface area contributed by atoms with E-state index in [0.29, 0.717) is 24.2 Å². The average Bonchev–Trinajstić information content (AvgIpc) is 3.03. The zero-order valence-corrected chi connectivity index (χ0v) is 15.2. The standard InChI is InChI=1S/C22H23NO4/c1-16(24)23(22(26)18-10-6-3-7-11-18)20-12-19(21(25)13-20)15-27-14-17-8-4-2-5-9-17/h2-12,20-21,25H,13-15H2,1H3/t20-,21+/m1/s1. The summed E-state index contributed by atoms with van der Waals surface area (Å²) in [7, 11) is 0. The van der Waals surface area contributed by atoms with Gasteiger partial charge in [-0.1, -0.05) is 54.6 Å². The molecule has 0 heterocycles. The molecule has 2 aromatic carbocycles. The third-order valence-electron chi connectivity index (χ3n) is 4.59. The van der Waals surface area contributed by atoms with Gasteiger partial charge < -0.3 is 9.84 Å². The van der Waals surface area contributed by atoms with Crippen molar-refractivity contribution in [1.82, 2.24) is 4.90 Å². The number of hydrogen-bond donors (Lipinski definition) is 1. The molecule has 2 amide bonds. The first kappa shape index (κ1) is 19.0. The van der Waals surface area contributed by atoms with Gasteiger partial charge in [-0.3, -0.25) is 14.5 Å². The van der Waals surface area contributed by atoms with Crippen molar-refractivity contribution in [3.63, 3.8) is 0 Å². The molecule has 27 heavy (non-hydrogen) atoms. The molecular formula is C22H23NO4. The Labute approximate surface area is 158 Å². The molecule has 1 aliphatic carbocycles. The van der Waals surface area contributed by atoms with E-state index in [4.69, 9.17) is 4.74 Å². The summed E-state index contributed by atoms with van der Waals surface area (Å²) in [6.45, 7) is 2.07. The maximum Gasteiger partial charge on any atom is 0.261 e. The van der Waals surface area contributed by atoms with Crippen molar-refractivity contribution in [2.75, 3.05) is 6.61 Å². The van der Waals surface area contributed by atoms with Crippen molar-refractivity contribution >= 4 is 11.8 Å². The van der Waals surface area contributed by atoms with Crippen LogP contribution in [0.2, 0.25) is 0 Å². The summed E-state index contributed by atoms with van der Waals surface area (Å²) < 4.78 is 5.69. The van der Waals surface area contributed by atoms with Gasteiger partial charge in [-0.25, -0.2) is 0 Å². The Morgan fingerprint density at radius 1 is 1.04 bits per heavy atom. The number of carbonyl (C=O) groups is 2. The Balaban J connectivity index is 1.67. The van der Waals surface area contributed by atoms with Crippen LogP contribution in [0.25, 0.3) is 0 Å². The van der Waals surface area contributed by atoms with Gasteiger partial charge in [0.15, 0.2) is 0 Å². The fraction of sp³-hybridized carbons (Fsp3) is 0.273. The van der Waals surface area contributed by atoms with Gasteiger partial charge in [0.1, 0.15) is 0 Å². The number of aliphatic hydroxyl groups is 1. The number of hydrogen-bond acceptors (Lipinski definition) is 4. The van der Waals surface area contributed by atoms with Crippen molar-refractivity contribution < 1.29 is 19.4 Å². The number of amides is 2. The summed E-state index contributed by atoms with van der Waals surface area (Å²) in [4.78, 5) is 26.1. The van der Waals surface area contributed by atoms with Gasteiger partial charge >= 0.3 is 0 Å². The minimum absolute atomic E-state index is 0.262. The largest absolute Gasteiger partial charge is 0.389 e. The molecule has 0 fully saturated rings. The molecule has 0 bridgehead atoms. The van der Waals surface area contributed by atoms with E-state index in [2.05, 4.69) is 0 Å². The lowest BCUT2D eigenvalue weighted by atomic mass is 10.1. The quantitative estimate of drug-likeness (QED) is 0.800. The average molecular weight is 365 g/mol. The van der Waals surface area contributed by atoms with Crippen molar-refractivity contribution in [3.05, 3.63) is 83.4 Å². The van der Waals surface area contributed by atoms with Crippen LogP contribution in [0, 0.1) is 0 Å². The zero-order valence-electron chi connectivity index (χ0n) is 15.2. The molecule has 0 aromatic heterocycles. The van der Waals surface area contributed by atoms with E-state index < -0.39 is 12.1 Å². The Kier molecular flexibility index (Phi) is 6.16. The number of carbonyl (C=O) groups excluding carboxylic acids is 2. The zero-order chi connectivity index (χ0) is 19.2. The molecule has 0 spiro atoms. The first-order valence-electron chi connectivity index (χ1n) is 8.95. The minimum atomic E-state index is -0.726. The molecule has 0 radical (unpaired) electrons. The van der Waals surface area contributed by atoms with Gasteiger partial charge in [0.05, 0.1) is 25.4 Å². The number of aliphatic hydroxyl groups excluding tert-OH is 1. The summed E-state index contributed by atoms with van der Waals surface area (Å²) in [5, 5.41) is 10.3. The Hall–Kier alpha value is -2.76.